The van der Waals surface area contributed by atoms with Crippen LogP contribution in [-0.4, -0.2) is 12.6 Å². The van der Waals surface area contributed by atoms with E-state index in [-0.39, 0.29) is 28.8 Å². The van der Waals surface area contributed by atoms with E-state index in [1.807, 2.05) is 12.1 Å². The summed E-state index contributed by atoms with van der Waals surface area (Å²) in [6, 6.07) is 6.05. The first kappa shape index (κ1) is 17.8. The van der Waals surface area contributed by atoms with Gasteiger partial charge in [0.15, 0.2) is 17.3 Å². The second-order valence-corrected chi connectivity index (χ2v) is 9.30. The summed E-state index contributed by atoms with van der Waals surface area (Å²) >= 11 is 0. The molecule has 0 saturated carbocycles. The molecule has 0 aromatic heterocycles. The lowest BCUT2D eigenvalue weighted by Gasteiger charge is -2.37. The van der Waals surface area contributed by atoms with Gasteiger partial charge >= 0.3 is 0 Å². The number of ether oxygens (including phenoxy) is 2. The van der Waals surface area contributed by atoms with E-state index in [0.717, 1.165) is 28.2 Å². The molecule has 0 fully saturated rings. The van der Waals surface area contributed by atoms with Crippen LogP contribution in [0.5, 0.6) is 11.5 Å². The Hall–Kier alpha value is -2.03. The summed E-state index contributed by atoms with van der Waals surface area (Å²) in [4.78, 5) is 13.1. The van der Waals surface area contributed by atoms with Crippen molar-refractivity contribution in [2.75, 3.05) is 6.79 Å². The van der Waals surface area contributed by atoms with Gasteiger partial charge < -0.3 is 9.47 Å². The summed E-state index contributed by atoms with van der Waals surface area (Å²) in [5.74, 6) is 1.71. The first-order valence-electron chi connectivity index (χ1n) is 8.83. The quantitative estimate of drug-likeness (QED) is 0.705. The lowest BCUT2D eigenvalue weighted by Crippen LogP contribution is -2.34. The molecule has 25 heavy (non-hydrogen) atoms. The minimum Gasteiger partial charge on any atom is -0.454 e. The highest BCUT2D eigenvalue weighted by Gasteiger charge is 2.40. The van der Waals surface area contributed by atoms with Crippen LogP contribution in [0.4, 0.5) is 0 Å². The molecule has 0 saturated heterocycles. The Balaban J connectivity index is 2.19. The van der Waals surface area contributed by atoms with E-state index in [1.165, 1.54) is 0 Å². The van der Waals surface area contributed by atoms with Gasteiger partial charge in [0.05, 0.1) is 0 Å². The molecule has 1 aromatic rings. The highest BCUT2D eigenvalue weighted by molar-refractivity contribution is 6.11. The minimum atomic E-state index is -0.361. The summed E-state index contributed by atoms with van der Waals surface area (Å²) in [5, 5.41) is 0. The van der Waals surface area contributed by atoms with E-state index in [1.54, 1.807) is 0 Å². The molecule has 0 N–H and O–H groups in total. The highest BCUT2D eigenvalue weighted by Crippen LogP contribution is 2.46. The molecule has 1 aliphatic carbocycles. The van der Waals surface area contributed by atoms with Gasteiger partial charge in [0.25, 0.3) is 0 Å². The highest BCUT2D eigenvalue weighted by atomic mass is 16.7. The fourth-order valence-electron chi connectivity index (χ4n) is 3.43. The van der Waals surface area contributed by atoms with E-state index in [2.05, 4.69) is 66.7 Å². The second kappa shape index (κ2) is 5.48. The van der Waals surface area contributed by atoms with Crippen LogP contribution >= 0.6 is 0 Å². The van der Waals surface area contributed by atoms with Gasteiger partial charge in [-0.3, -0.25) is 4.79 Å². The molecule has 0 spiro atoms. The van der Waals surface area contributed by atoms with Crippen LogP contribution < -0.4 is 9.47 Å². The van der Waals surface area contributed by atoms with Crippen molar-refractivity contribution in [2.45, 2.75) is 53.9 Å². The third-order valence-corrected chi connectivity index (χ3v) is 4.99. The molecule has 0 unspecified atom stereocenters. The first-order valence-corrected chi connectivity index (χ1v) is 8.83. The molecular formula is C22H28O3. The molecular weight excluding hydrogens is 312 g/mol. The Labute approximate surface area is 150 Å². The molecule has 1 aromatic carbocycles. The van der Waals surface area contributed by atoms with Crippen molar-refractivity contribution in [3.8, 4) is 11.5 Å². The number of rotatable bonds is 1. The van der Waals surface area contributed by atoms with E-state index < -0.39 is 0 Å². The van der Waals surface area contributed by atoms with Gasteiger partial charge in [0, 0.05) is 16.6 Å². The average molecular weight is 340 g/mol. The van der Waals surface area contributed by atoms with Gasteiger partial charge in [-0.2, -0.15) is 0 Å². The number of carbonyl (C=O) groups is 1. The molecule has 0 radical (unpaired) electrons. The van der Waals surface area contributed by atoms with Gasteiger partial charge in [-0.05, 0) is 35.4 Å². The first-order chi connectivity index (χ1) is 11.4. The number of fused-ring (bicyclic) bond motifs is 1. The Morgan fingerprint density at radius 2 is 1.40 bits per heavy atom. The van der Waals surface area contributed by atoms with Gasteiger partial charge in [0.2, 0.25) is 6.79 Å². The fraction of sp³-hybridized carbons (Fsp3) is 0.500. The number of Topliss-reactive ketones (excluding diaryl/α,β-unsaturated/α-hetero) is 1. The lowest BCUT2D eigenvalue weighted by molar-refractivity contribution is -0.114. The zero-order valence-corrected chi connectivity index (χ0v) is 16.3. The Morgan fingerprint density at radius 1 is 0.880 bits per heavy atom. The third-order valence-electron chi connectivity index (χ3n) is 4.99. The number of allylic oxidation sites excluding steroid dienone is 4. The molecule has 134 valence electrons. The normalized spacial score (nSPS) is 19.6. The maximum Gasteiger partial charge on any atom is 0.231 e. The predicted molar refractivity (Wildman–Crippen MR) is 100 cm³/mol. The van der Waals surface area contributed by atoms with Crippen molar-refractivity contribution in [3.63, 3.8) is 0 Å². The van der Waals surface area contributed by atoms with Gasteiger partial charge in [0.1, 0.15) is 0 Å². The van der Waals surface area contributed by atoms with Gasteiger partial charge in [-0.25, -0.2) is 0 Å². The molecule has 0 bridgehead atoms. The topological polar surface area (TPSA) is 35.5 Å². The number of benzene rings is 1. The van der Waals surface area contributed by atoms with Crippen molar-refractivity contribution in [3.05, 3.63) is 47.1 Å². The second-order valence-electron chi connectivity index (χ2n) is 9.30. The lowest BCUT2D eigenvalue weighted by atomic mass is 9.65. The third kappa shape index (κ3) is 3.12. The number of hydrogen-bond acceptors (Lipinski definition) is 3. The summed E-state index contributed by atoms with van der Waals surface area (Å²) in [5.41, 5.74) is 2.08. The molecule has 1 aliphatic heterocycles. The summed E-state index contributed by atoms with van der Waals surface area (Å²) in [6.07, 6.45) is 4.25. The largest absolute Gasteiger partial charge is 0.454 e. The molecule has 3 nitrogen and oxygen atoms in total. The smallest absolute Gasteiger partial charge is 0.231 e. The Morgan fingerprint density at radius 3 is 1.92 bits per heavy atom. The van der Waals surface area contributed by atoms with Crippen LogP contribution in [0.2, 0.25) is 0 Å². The Kier molecular flexibility index (Phi) is 3.90. The van der Waals surface area contributed by atoms with Crippen molar-refractivity contribution in [1.82, 2.24) is 0 Å². The number of ketones is 1. The monoisotopic (exact) mass is 340 g/mol. The molecule has 3 heteroatoms. The van der Waals surface area contributed by atoms with Crippen LogP contribution in [0.15, 0.2) is 41.5 Å². The Bertz CT molecular complexity index is 748. The number of carbonyl (C=O) groups excluding carboxylic acids is 1. The summed E-state index contributed by atoms with van der Waals surface area (Å²) in [7, 11) is 0. The van der Waals surface area contributed by atoms with Crippen LogP contribution in [0.3, 0.4) is 0 Å². The molecule has 1 heterocycles. The van der Waals surface area contributed by atoms with Crippen molar-refractivity contribution in [1.29, 1.82) is 0 Å². The van der Waals surface area contributed by atoms with Crippen LogP contribution in [0.25, 0.3) is 0 Å². The predicted octanol–water partition coefficient (Wildman–Crippen LogP) is 5.20. The van der Waals surface area contributed by atoms with E-state index in [0.29, 0.717) is 0 Å². The maximum atomic E-state index is 13.1. The SMILES string of the molecule is CC(C)(C)C1=CC(C)(c2ccc3c(c2)OCO3)C=C(C(C)(C)C)C1=O. The van der Waals surface area contributed by atoms with Crippen molar-refractivity contribution in [2.24, 2.45) is 10.8 Å². The standard InChI is InChI=1S/C22H28O3/c1-20(2,3)15-11-22(7,12-16(19(15)23)21(4,5)6)14-8-9-17-18(10-14)25-13-24-17/h8-12H,13H2,1-7H3. The minimum absolute atomic E-state index is 0.165. The fourth-order valence-corrected chi connectivity index (χ4v) is 3.43. The van der Waals surface area contributed by atoms with Crippen molar-refractivity contribution < 1.29 is 14.3 Å². The van der Waals surface area contributed by atoms with Crippen LogP contribution in [-0.2, 0) is 10.2 Å². The maximum absolute atomic E-state index is 13.1. The summed E-state index contributed by atoms with van der Waals surface area (Å²) < 4.78 is 11.0. The molecule has 2 aliphatic rings. The zero-order chi connectivity index (χ0) is 18.6. The number of hydrogen-bond donors (Lipinski definition) is 0. The van der Waals surface area contributed by atoms with Crippen molar-refractivity contribution >= 4 is 5.78 Å². The molecule has 0 atom stereocenters. The van der Waals surface area contributed by atoms with Crippen LogP contribution in [0.1, 0.15) is 54.0 Å². The van der Waals surface area contributed by atoms with E-state index in [4.69, 9.17) is 9.47 Å². The molecule has 0 amide bonds. The van der Waals surface area contributed by atoms with E-state index >= 15 is 0 Å². The van der Waals surface area contributed by atoms with Gasteiger partial charge in [-0.15, -0.1) is 0 Å². The van der Waals surface area contributed by atoms with Gasteiger partial charge in [-0.1, -0.05) is 59.8 Å². The molecule has 3 rings (SSSR count). The summed E-state index contributed by atoms with van der Waals surface area (Å²) in [6.45, 7) is 15.0. The zero-order valence-electron chi connectivity index (χ0n) is 16.3. The van der Waals surface area contributed by atoms with E-state index in [9.17, 15) is 4.79 Å². The average Bonchev–Trinajstić information content (AvgIpc) is 2.94. The van der Waals surface area contributed by atoms with Crippen LogP contribution in [0, 0.1) is 10.8 Å².